The van der Waals surface area contributed by atoms with Gasteiger partial charge in [0.25, 0.3) is 0 Å². The summed E-state index contributed by atoms with van der Waals surface area (Å²) in [6.07, 6.45) is 2.80. The average molecular weight is 344 g/mol. The molecule has 2 saturated heterocycles. The number of likely N-dealkylation sites (tertiary alicyclic amines) is 2. The lowest BCUT2D eigenvalue weighted by atomic mass is 9.71. The zero-order valence-electron chi connectivity index (χ0n) is 15.0. The molecule has 136 valence electrons. The summed E-state index contributed by atoms with van der Waals surface area (Å²) in [4.78, 5) is 29.0. The first kappa shape index (κ1) is 17.9. The van der Waals surface area contributed by atoms with Crippen molar-refractivity contribution in [1.82, 2.24) is 9.80 Å². The van der Waals surface area contributed by atoms with Gasteiger partial charge in [0.05, 0.1) is 11.3 Å². The van der Waals surface area contributed by atoms with Crippen molar-refractivity contribution in [3.05, 3.63) is 35.9 Å². The van der Waals surface area contributed by atoms with E-state index in [1.165, 1.54) is 0 Å². The maximum Gasteiger partial charge on any atom is 0.306 e. The molecule has 0 unspecified atom stereocenters. The van der Waals surface area contributed by atoms with Crippen LogP contribution in [0.15, 0.2) is 30.3 Å². The summed E-state index contributed by atoms with van der Waals surface area (Å²) in [5.41, 5.74) is 0.652. The fourth-order valence-electron chi connectivity index (χ4n) is 4.27. The van der Waals surface area contributed by atoms with Gasteiger partial charge in [-0.15, -0.1) is 0 Å². The Hall–Kier alpha value is -1.88. The van der Waals surface area contributed by atoms with Crippen LogP contribution < -0.4 is 0 Å². The van der Waals surface area contributed by atoms with Gasteiger partial charge < -0.3 is 14.9 Å². The van der Waals surface area contributed by atoms with Crippen LogP contribution in [-0.2, 0) is 15.0 Å². The lowest BCUT2D eigenvalue weighted by molar-refractivity contribution is -0.148. The number of amides is 1. The summed E-state index contributed by atoms with van der Waals surface area (Å²) in [7, 11) is 0. The number of hydrogen-bond acceptors (Lipinski definition) is 3. The average Bonchev–Trinajstić information content (AvgIpc) is 2.68. The van der Waals surface area contributed by atoms with Crippen molar-refractivity contribution in [2.24, 2.45) is 5.92 Å². The van der Waals surface area contributed by atoms with Crippen molar-refractivity contribution in [2.45, 2.75) is 38.0 Å². The second-order valence-electron chi connectivity index (χ2n) is 7.29. The second-order valence-corrected chi connectivity index (χ2v) is 7.29. The maximum absolute atomic E-state index is 13.5. The second kappa shape index (κ2) is 7.56. The molecule has 1 N–H and O–H groups in total. The lowest BCUT2D eigenvalue weighted by Gasteiger charge is -2.44. The fourth-order valence-corrected chi connectivity index (χ4v) is 4.27. The summed E-state index contributed by atoms with van der Waals surface area (Å²) in [5.74, 6) is -0.849. The molecule has 0 bridgehead atoms. The van der Waals surface area contributed by atoms with Gasteiger partial charge in [-0.25, -0.2) is 0 Å². The molecular formula is C20H28N2O3. The van der Waals surface area contributed by atoms with Crippen molar-refractivity contribution in [3.63, 3.8) is 0 Å². The third kappa shape index (κ3) is 3.56. The number of rotatable bonds is 4. The highest BCUT2D eigenvalue weighted by atomic mass is 16.4. The predicted octanol–water partition coefficient (Wildman–Crippen LogP) is 2.36. The van der Waals surface area contributed by atoms with E-state index in [2.05, 4.69) is 24.0 Å². The number of carboxylic acid groups (broad SMARTS) is 1. The van der Waals surface area contributed by atoms with Crippen LogP contribution in [0.1, 0.15) is 38.2 Å². The Kier molecular flexibility index (Phi) is 5.42. The molecule has 2 heterocycles. The van der Waals surface area contributed by atoms with E-state index in [-0.39, 0.29) is 11.8 Å². The smallest absolute Gasteiger partial charge is 0.306 e. The highest BCUT2D eigenvalue weighted by Gasteiger charge is 2.45. The maximum atomic E-state index is 13.5. The fraction of sp³-hybridized carbons (Fsp3) is 0.600. The molecule has 2 fully saturated rings. The largest absolute Gasteiger partial charge is 0.481 e. The highest BCUT2D eigenvalue weighted by molar-refractivity contribution is 5.88. The molecular weight excluding hydrogens is 316 g/mol. The minimum Gasteiger partial charge on any atom is -0.481 e. The van der Waals surface area contributed by atoms with Crippen LogP contribution in [0.3, 0.4) is 0 Å². The summed E-state index contributed by atoms with van der Waals surface area (Å²) >= 11 is 0. The van der Waals surface area contributed by atoms with Crippen LogP contribution in [0.4, 0.5) is 0 Å². The zero-order chi connectivity index (χ0) is 17.9. The Morgan fingerprint density at radius 2 is 1.68 bits per heavy atom. The van der Waals surface area contributed by atoms with E-state index in [4.69, 9.17) is 0 Å². The van der Waals surface area contributed by atoms with Crippen molar-refractivity contribution in [1.29, 1.82) is 0 Å². The molecule has 3 rings (SSSR count). The van der Waals surface area contributed by atoms with Crippen molar-refractivity contribution in [3.8, 4) is 0 Å². The van der Waals surface area contributed by atoms with Crippen LogP contribution in [0, 0.1) is 5.92 Å². The number of carbonyl (C=O) groups is 2. The van der Waals surface area contributed by atoms with Gasteiger partial charge in [-0.1, -0.05) is 37.3 Å². The minimum absolute atomic E-state index is 0.193. The van der Waals surface area contributed by atoms with Gasteiger partial charge in [0.15, 0.2) is 0 Å². The van der Waals surface area contributed by atoms with Crippen LogP contribution >= 0.6 is 0 Å². The van der Waals surface area contributed by atoms with E-state index in [0.717, 1.165) is 38.0 Å². The molecule has 2 aliphatic heterocycles. The van der Waals surface area contributed by atoms with Crippen LogP contribution in [0.5, 0.6) is 0 Å². The van der Waals surface area contributed by atoms with Gasteiger partial charge in [0.2, 0.25) is 5.91 Å². The first-order valence-corrected chi connectivity index (χ1v) is 9.37. The number of benzene rings is 1. The van der Waals surface area contributed by atoms with Gasteiger partial charge in [0, 0.05) is 13.1 Å². The molecule has 5 heteroatoms. The Balaban J connectivity index is 1.81. The molecule has 1 aromatic carbocycles. The molecule has 1 amide bonds. The quantitative estimate of drug-likeness (QED) is 0.911. The van der Waals surface area contributed by atoms with E-state index in [1.54, 1.807) is 0 Å². The van der Waals surface area contributed by atoms with Gasteiger partial charge in [-0.05, 0) is 50.9 Å². The van der Waals surface area contributed by atoms with E-state index in [1.807, 2.05) is 23.1 Å². The minimum atomic E-state index is -0.735. The van der Waals surface area contributed by atoms with E-state index < -0.39 is 11.4 Å². The molecule has 2 aliphatic rings. The summed E-state index contributed by atoms with van der Waals surface area (Å²) in [6.45, 7) is 6.16. The van der Waals surface area contributed by atoms with Crippen molar-refractivity contribution in [2.75, 3.05) is 32.7 Å². The third-order valence-corrected chi connectivity index (χ3v) is 6.02. The van der Waals surface area contributed by atoms with Crippen LogP contribution in [0.2, 0.25) is 0 Å². The number of nitrogens with zero attached hydrogens (tertiary/aromatic N) is 2. The molecule has 0 saturated carbocycles. The Morgan fingerprint density at radius 3 is 2.20 bits per heavy atom. The Bertz CT molecular complexity index is 601. The third-order valence-electron chi connectivity index (χ3n) is 6.02. The number of piperidine rings is 2. The first-order chi connectivity index (χ1) is 12.1. The van der Waals surface area contributed by atoms with Gasteiger partial charge in [-0.3, -0.25) is 9.59 Å². The number of carboxylic acids is 1. The monoisotopic (exact) mass is 344 g/mol. The summed E-state index contributed by atoms with van der Waals surface area (Å²) in [6, 6.07) is 10.1. The Morgan fingerprint density at radius 1 is 1.08 bits per heavy atom. The van der Waals surface area contributed by atoms with Gasteiger partial charge >= 0.3 is 5.97 Å². The SMILES string of the molecule is CCN1CCC(C(=O)N2CCC(C(=O)O)CC2)(c2ccccc2)CC1. The number of hydrogen-bond donors (Lipinski definition) is 1. The predicted molar refractivity (Wildman–Crippen MR) is 96.4 cm³/mol. The standard InChI is InChI=1S/C20H28N2O3/c1-2-21-14-10-20(11-15-21,17-6-4-3-5-7-17)19(25)22-12-8-16(9-13-22)18(23)24/h3-7,16H,2,8-15H2,1H3,(H,23,24). The molecule has 0 aliphatic carbocycles. The topological polar surface area (TPSA) is 60.9 Å². The number of carbonyl (C=O) groups excluding carboxylic acids is 1. The van der Waals surface area contributed by atoms with Gasteiger partial charge in [-0.2, -0.15) is 0 Å². The Labute approximate surface area is 149 Å². The highest BCUT2D eigenvalue weighted by Crippen LogP contribution is 2.38. The molecule has 0 atom stereocenters. The molecule has 5 nitrogen and oxygen atoms in total. The molecule has 0 spiro atoms. The number of aliphatic carboxylic acids is 1. The molecule has 0 aromatic heterocycles. The lowest BCUT2D eigenvalue weighted by Crippen LogP contribution is -2.54. The van der Waals surface area contributed by atoms with E-state index >= 15 is 0 Å². The summed E-state index contributed by atoms with van der Waals surface area (Å²) in [5, 5.41) is 9.19. The normalized spacial score (nSPS) is 21.9. The molecule has 0 radical (unpaired) electrons. The summed E-state index contributed by atoms with van der Waals surface area (Å²) < 4.78 is 0. The molecule has 1 aromatic rings. The van der Waals surface area contributed by atoms with Crippen LogP contribution in [0.25, 0.3) is 0 Å². The molecule has 25 heavy (non-hydrogen) atoms. The van der Waals surface area contributed by atoms with Gasteiger partial charge in [0.1, 0.15) is 0 Å². The first-order valence-electron chi connectivity index (χ1n) is 9.37. The van der Waals surface area contributed by atoms with Crippen molar-refractivity contribution >= 4 is 11.9 Å². The van der Waals surface area contributed by atoms with E-state index in [0.29, 0.717) is 25.9 Å². The zero-order valence-corrected chi connectivity index (χ0v) is 15.0. The van der Waals surface area contributed by atoms with E-state index in [9.17, 15) is 14.7 Å². The van der Waals surface area contributed by atoms with Crippen LogP contribution in [-0.4, -0.2) is 59.5 Å². The van der Waals surface area contributed by atoms with Crippen molar-refractivity contribution < 1.29 is 14.7 Å².